The molecule has 2 amide bonds. The number of rotatable bonds is 5. The molecule has 2 N–H and O–H groups in total. The molecule has 3 aromatic rings. The summed E-state index contributed by atoms with van der Waals surface area (Å²) >= 11 is 0. The zero-order chi connectivity index (χ0) is 21.7. The number of hydrazine groups is 1. The first-order chi connectivity index (χ1) is 14.2. The molecule has 30 heavy (non-hydrogen) atoms. The van der Waals surface area contributed by atoms with E-state index in [1.165, 1.54) is 12.1 Å². The molecule has 3 rings (SSSR count). The van der Waals surface area contributed by atoms with Gasteiger partial charge in [-0.3, -0.25) is 20.4 Å². The summed E-state index contributed by atoms with van der Waals surface area (Å²) in [5.74, 6) is -2.63. The maximum Gasteiger partial charge on any atom is 0.419 e. The number of hydrogen-bond acceptors (Lipinski definition) is 4. The molecule has 0 unspecified atom stereocenters. The number of furan rings is 1. The fourth-order valence-corrected chi connectivity index (χ4v) is 2.38. The Morgan fingerprint density at radius 1 is 0.933 bits per heavy atom. The number of amides is 2. The molecule has 0 saturated heterocycles. The summed E-state index contributed by atoms with van der Waals surface area (Å²) in [6, 6.07) is 13.4. The van der Waals surface area contributed by atoms with Crippen LogP contribution in [0.2, 0.25) is 0 Å². The smallest absolute Gasteiger partial charge is 0.419 e. The Labute approximate surface area is 167 Å². The van der Waals surface area contributed by atoms with Crippen molar-refractivity contribution in [3.05, 3.63) is 89.1 Å². The Morgan fingerprint density at radius 3 is 2.33 bits per heavy atom. The van der Waals surface area contributed by atoms with Gasteiger partial charge in [0, 0.05) is 5.56 Å². The lowest BCUT2D eigenvalue weighted by molar-refractivity contribution is -0.140. The Kier molecular flexibility index (Phi) is 6.05. The lowest BCUT2D eigenvalue weighted by Gasteiger charge is -2.10. The molecule has 0 aliphatic heterocycles. The summed E-state index contributed by atoms with van der Waals surface area (Å²) in [7, 11) is 0. The van der Waals surface area contributed by atoms with Crippen LogP contribution in [0, 0.1) is 5.82 Å². The first kappa shape index (κ1) is 20.9. The highest BCUT2D eigenvalue weighted by atomic mass is 19.4. The molecule has 0 saturated carbocycles. The summed E-state index contributed by atoms with van der Waals surface area (Å²) in [6.07, 6.45) is -4.96. The van der Waals surface area contributed by atoms with Crippen LogP contribution >= 0.6 is 0 Å². The van der Waals surface area contributed by atoms with Crippen molar-refractivity contribution in [2.24, 2.45) is 0 Å². The van der Waals surface area contributed by atoms with Crippen molar-refractivity contribution >= 4 is 11.8 Å². The Hall–Kier alpha value is -3.82. The van der Waals surface area contributed by atoms with Crippen LogP contribution in [-0.2, 0) is 12.8 Å². The topological polar surface area (TPSA) is 80.6 Å². The van der Waals surface area contributed by atoms with Crippen LogP contribution in [0.3, 0.4) is 0 Å². The van der Waals surface area contributed by atoms with E-state index in [1.54, 1.807) is 24.3 Å². The first-order valence-electron chi connectivity index (χ1n) is 8.48. The number of halogens is 4. The van der Waals surface area contributed by atoms with E-state index in [0.29, 0.717) is 23.6 Å². The number of para-hydroxylation sites is 1. The van der Waals surface area contributed by atoms with Crippen LogP contribution in [-0.4, -0.2) is 11.8 Å². The first-order valence-corrected chi connectivity index (χ1v) is 8.48. The largest absolute Gasteiger partial charge is 0.486 e. The van der Waals surface area contributed by atoms with Crippen molar-refractivity contribution in [3.63, 3.8) is 0 Å². The number of hydrogen-bond donors (Lipinski definition) is 2. The second kappa shape index (κ2) is 8.68. The molecular weight excluding hydrogens is 408 g/mol. The van der Waals surface area contributed by atoms with Crippen molar-refractivity contribution in [2.75, 3.05) is 0 Å². The maximum absolute atomic E-state index is 13.3. The average Bonchev–Trinajstić information content (AvgIpc) is 3.19. The summed E-state index contributed by atoms with van der Waals surface area (Å²) in [4.78, 5) is 24.0. The van der Waals surface area contributed by atoms with Crippen LogP contribution in [0.25, 0.3) is 0 Å². The fourth-order valence-electron chi connectivity index (χ4n) is 2.38. The quantitative estimate of drug-likeness (QED) is 0.480. The monoisotopic (exact) mass is 422 g/mol. The highest BCUT2D eigenvalue weighted by molar-refractivity contribution is 5.98. The van der Waals surface area contributed by atoms with Crippen LogP contribution < -0.4 is 15.6 Å². The maximum atomic E-state index is 13.3. The van der Waals surface area contributed by atoms with Gasteiger partial charge in [-0.2, -0.15) is 13.2 Å². The number of ether oxygens (including phenoxy) is 1. The van der Waals surface area contributed by atoms with E-state index in [-0.39, 0.29) is 12.4 Å². The molecule has 2 aromatic carbocycles. The van der Waals surface area contributed by atoms with Crippen molar-refractivity contribution in [2.45, 2.75) is 12.8 Å². The minimum absolute atomic E-state index is 0.0550. The van der Waals surface area contributed by atoms with Crippen LogP contribution in [0.4, 0.5) is 17.6 Å². The highest BCUT2D eigenvalue weighted by Gasteiger charge is 2.34. The van der Waals surface area contributed by atoms with Gasteiger partial charge in [-0.05, 0) is 42.5 Å². The van der Waals surface area contributed by atoms with E-state index in [4.69, 9.17) is 9.15 Å². The predicted octanol–water partition coefficient (Wildman–Crippen LogP) is 4.09. The lowest BCUT2D eigenvalue weighted by atomic mass is 10.1. The number of nitrogens with one attached hydrogen (secondary N) is 2. The summed E-state index contributed by atoms with van der Waals surface area (Å²) in [5.41, 5.74) is 1.88. The van der Waals surface area contributed by atoms with E-state index in [0.717, 1.165) is 6.07 Å². The van der Waals surface area contributed by atoms with Crippen LogP contribution in [0.15, 0.2) is 65.1 Å². The number of carbonyl (C=O) groups excluding carboxylic acids is 2. The molecule has 0 spiro atoms. The molecule has 0 bridgehead atoms. The minimum atomic E-state index is -4.96. The third-order valence-electron chi connectivity index (χ3n) is 3.83. The van der Waals surface area contributed by atoms with E-state index in [1.807, 2.05) is 16.9 Å². The van der Waals surface area contributed by atoms with Gasteiger partial charge in [0.1, 0.15) is 23.9 Å². The van der Waals surface area contributed by atoms with E-state index < -0.39 is 34.9 Å². The Bertz CT molecular complexity index is 1050. The van der Waals surface area contributed by atoms with E-state index in [2.05, 4.69) is 0 Å². The van der Waals surface area contributed by atoms with Crippen molar-refractivity contribution < 1.29 is 36.3 Å². The molecule has 6 nitrogen and oxygen atoms in total. The van der Waals surface area contributed by atoms with Gasteiger partial charge in [-0.25, -0.2) is 4.39 Å². The molecule has 0 radical (unpaired) electrons. The van der Waals surface area contributed by atoms with Gasteiger partial charge in [0.25, 0.3) is 5.91 Å². The second-order valence-electron chi connectivity index (χ2n) is 5.97. The van der Waals surface area contributed by atoms with Crippen molar-refractivity contribution in [3.8, 4) is 5.75 Å². The SMILES string of the molecule is O=C(NNC(=O)c1ccc(COc2ccccc2)o1)c1ccc(F)c(C(F)(F)F)c1. The number of benzene rings is 2. The van der Waals surface area contributed by atoms with Gasteiger partial charge in [0.15, 0.2) is 5.76 Å². The molecule has 10 heteroatoms. The van der Waals surface area contributed by atoms with Gasteiger partial charge in [-0.1, -0.05) is 18.2 Å². The summed E-state index contributed by atoms with van der Waals surface area (Å²) in [6.45, 7) is 0.0550. The van der Waals surface area contributed by atoms with Gasteiger partial charge < -0.3 is 9.15 Å². The zero-order valence-corrected chi connectivity index (χ0v) is 15.1. The van der Waals surface area contributed by atoms with Gasteiger partial charge in [0.2, 0.25) is 0 Å². The van der Waals surface area contributed by atoms with Crippen molar-refractivity contribution in [1.29, 1.82) is 0 Å². The lowest BCUT2D eigenvalue weighted by Crippen LogP contribution is -2.41. The van der Waals surface area contributed by atoms with Crippen LogP contribution in [0.5, 0.6) is 5.75 Å². The molecule has 1 aromatic heterocycles. The van der Waals surface area contributed by atoms with Crippen LogP contribution in [0.1, 0.15) is 32.2 Å². The molecule has 1 heterocycles. The normalized spacial score (nSPS) is 11.1. The standard InChI is InChI=1S/C20H14F4N2O4/c21-16-8-6-12(10-15(16)20(22,23)24)18(27)25-26-19(28)17-9-7-14(30-17)11-29-13-4-2-1-3-5-13/h1-10H,11H2,(H,25,27)(H,26,28). The number of carbonyl (C=O) groups is 2. The minimum Gasteiger partial charge on any atom is -0.486 e. The molecule has 0 aliphatic rings. The molecule has 0 fully saturated rings. The second-order valence-corrected chi connectivity index (χ2v) is 5.97. The molecule has 0 aliphatic carbocycles. The predicted molar refractivity (Wildman–Crippen MR) is 95.8 cm³/mol. The summed E-state index contributed by atoms with van der Waals surface area (Å²) < 4.78 is 62.3. The van der Waals surface area contributed by atoms with Gasteiger partial charge >= 0.3 is 12.1 Å². The highest BCUT2D eigenvalue weighted by Crippen LogP contribution is 2.31. The average molecular weight is 422 g/mol. The van der Waals surface area contributed by atoms with Crippen molar-refractivity contribution in [1.82, 2.24) is 10.9 Å². The Morgan fingerprint density at radius 2 is 1.63 bits per heavy atom. The molecule has 0 atom stereocenters. The van der Waals surface area contributed by atoms with Gasteiger partial charge in [0.05, 0.1) is 5.56 Å². The summed E-state index contributed by atoms with van der Waals surface area (Å²) in [5, 5.41) is 0. The molecular formula is C20H14F4N2O4. The Balaban J connectivity index is 1.57. The number of alkyl halides is 3. The zero-order valence-electron chi connectivity index (χ0n) is 15.1. The third kappa shape index (κ3) is 5.16. The molecule has 156 valence electrons. The third-order valence-corrected chi connectivity index (χ3v) is 3.83. The fraction of sp³-hybridized carbons (Fsp3) is 0.100. The van der Waals surface area contributed by atoms with E-state index >= 15 is 0 Å². The van der Waals surface area contributed by atoms with E-state index in [9.17, 15) is 27.2 Å². The van der Waals surface area contributed by atoms with Gasteiger partial charge in [-0.15, -0.1) is 0 Å².